The minimum absolute atomic E-state index is 0. The van der Waals surface area contributed by atoms with Crippen LogP contribution in [0.2, 0.25) is 0 Å². The summed E-state index contributed by atoms with van der Waals surface area (Å²) in [6.07, 6.45) is 17.1. The molecule has 0 unspecified atom stereocenters. The number of aldehydes is 1. The van der Waals surface area contributed by atoms with Crippen LogP contribution in [-0.2, 0) is 35.5 Å². The van der Waals surface area contributed by atoms with E-state index in [1.807, 2.05) is 38.1 Å². The van der Waals surface area contributed by atoms with E-state index in [0.29, 0.717) is 44.0 Å². The molecule has 72 heavy (non-hydrogen) atoms. The summed E-state index contributed by atoms with van der Waals surface area (Å²) < 4.78 is 42.6. The number of Topliss-reactive ketones (excluding diaryl/α,β-unsaturated/α-hetero) is 1. The number of fused-ring (bicyclic) bond motifs is 4. The summed E-state index contributed by atoms with van der Waals surface area (Å²) in [5.41, 5.74) is 12.4. The van der Waals surface area contributed by atoms with E-state index in [0.717, 1.165) is 42.1 Å². The van der Waals surface area contributed by atoms with Gasteiger partial charge in [0.2, 0.25) is 0 Å². The quantitative estimate of drug-likeness (QED) is 0.120. The van der Waals surface area contributed by atoms with Crippen LogP contribution in [0.1, 0.15) is 53.5 Å². The molecule has 0 amide bonds. The number of carbonyl (C=O) groups is 3. The number of hydrogen-bond acceptors (Lipinski definition) is 19. The summed E-state index contributed by atoms with van der Waals surface area (Å²) in [5.74, 6) is -0.462. The topological polar surface area (TPSA) is 344 Å². The van der Waals surface area contributed by atoms with E-state index in [9.17, 15) is 14.4 Å². The summed E-state index contributed by atoms with van der Waals surface area (Å²) in [7, 11) is 0. The second-order valence-corrected chi connectivity index (χ2v) is 17.4. The standard InChI is InChI=1S/C14H11BrN4O.C7H4BrN3O2.C7H6BrN3O.C7H4BrN3O.C6H8N2.ClO2.Mn.Na.2O/c1-9-2-3-11(16-6-9)5-13(20)12-4-10(15)7-19-14(12)17-8-18-19;8-4-1-5(7(12)13)6-9-3-10-11(6)2-4;2*8-6-1-5(3-12)7-9-4-10-11(7)2-6;1-5-2-3-6(7)8-4-5;2-1-3;;;;/h2-4,6-8H,5H2,1H3;1-3H,(H,12,13);1-2,4,12H,3H2;1-4H;2-4H,1H3,(H2,7,8);;;;;/q;;;;;-1;;+1;;. The van der Waals surface area contributed by atoms with E-state index in [4.69, 9.17) is 32.9 Å². The van der Waals surface area contributed by atoms with Crippen LogP contribution in [0.4, 0.5) is 5.82 Å². The number of ketones is 1. The molecule has 24 nitrogen and oxygen atoms in total. The van der Waals surface area contributed by atoms with Gasteiger partial charge in [-0.15, -0.1) is 0 Å². The fourth-order valence-corrected chi connectivity index (χ4v) is 7.33. The first-order valence-corrected chi connectivity index (χ1v) is 24.0. The van der Waals surface area contributed by atoms with E-state index < -0.39 is 32.1 Å². The molecule has 0 saturated carbocycles. The fourth-order valence-electron chi connectivity index (χ4n) is 5.57. The van der Waals surface area contributed by atoms with Gasteiger partial charge in [-0.05, 0) is 125 Å². The van der Waals surface area contributed by atoms with Crippen LogP contribution >= 0.6 is 63.7 Å². The van der Waals surface area contributed by atoms with Gasteiger partial charge in [-0.1, -0.05) is 12.1 Å². The van der Waals surface area contributed by atoms with Gasteiger partial charge >= 0.3 is 58.0 Å². The average Bonchev–Trinajstić information content (AvgIpc) is 4.19. The van der Waals surface area contributed by atoms with Gasteiger partial charge in [-0.2, -0.15) is 20.4 Å². The number of aliphatic hydroxyl groups excluding tert-OH is 1. The van der Waals surface area contributed by atoms with Gasteiger partial charge in [0.1, 0.15) is 36.7 Å². The van der Waals surface area contributed by atoms with Crippen molar-refractivity contribution >= 4 is 110 Å². The first-order valence-electron chi connectivity index (χ1n) is 19.2. The number of halogens is 5. The van der Waals surface area contributed by atoms with Gasteiger partial charge in [-0.3, -0.25) is 14.6 Å². The number of pyridine rings is 6. The molecule has 10 rings (SSSR count). The number of aromatic nitrogens is 14. The molecule has 10 aromatic heterocycles. The summed E-state index contributed by atoms with van der Waals surface area (Å²) in [5, 5.41) is 33.5. The van der Waals surface area contributed by atoms with Crippen molar-refractivity contribution in [2.45, 2.75) is 26.9 Å². The molecule has 0 saturated heterocycles. The number of nitrogen functional groups attached to an aromatic ring is 1. The van der Waals surface area contributed by atoms with Crippen molar-refractivity contribution in [2.75, 3.05) is 5.73 Å². The van der Waals surface area contributed by atoms with Crippen LogP contribution in [0.25, 0.3) is 22.6 Å². The number of hydrogen-bond donors (Lipinski definition) is 3. The summed E-state index contributed by atoms with van der Waals surface area (Å²) in [6.45, 7) is 3.92. The Morgan fingerprint density at radius 2 is 1.08 bits per heavy atom. The minimum atomic E-state index is -1.44. The van der Waals surface area contributed by atoms with E-state index >= 15 is 0 Å². The molecule has 0 aliphatic carbocycles. The molecule has 10 heterocycles. The molecule has 0 aliphatic heterocycles. The Hall–Kier alpha value is -5.40. The number of aliphatic hydroxyl groups is 1. The van der Waals surface area contributed by atoms with Crippen LogP contribution < -0.4 is 44.6 Å². The van der Waals surface area contributed by atoms with Crippen LogP contribution in [0, 0.1) is 25.2 Å². The molecule has 31 heteroatoms. The molecule has 0 fully saturated rings. The Balaban J connectivity index is 0.000000236. The molecule has 10 aromatic rings. The number of aryl methyl sites for hydroxylation is 2. The predicted octanol–water partition coefficient (Wildman–Crippen LogP) is 1.46. The van der Waals surface area contributed by atoms with E-state index in [1.165, 1.54) is 35.9 Å². The van der Waals surface area contributed by atoms with E-state index in [-0.39, 0.29) is 53.9 Å². The fraction of sp³-hybridized carbons (Fsp3) is 0.0976. The van der Waals surface area contributed by atoms with Gasteiger partial charge < -0.3 is 25.3 Å². The number of aromatic carboxylic acids is 1. The summed E-state index contributed by atoms with van der Waals surface area (Å²) >= 11 is 11.3. The Morgan fingerprint density at radius 3 is 1.53 bits per heavy atom. The van der Waals surface area contributed by atoms with Crippen molar-refractivity contribution < 1.29 is 97.3 Å². The average molecular weight is 1310 g/mol. The second kappa shape index (κ2) is 31.2. The van der Waals surface area contributed by atoms with Crippen molar-refractivity contribution in [1.82, 2.24) is 68.4 Å². The van der Waals surface area contributed by atoms with Crippen molar-refractivity contribution in [3.8, 4) is 0 Å². The normalized spacial score (nSPS) is 9.90. The third-order valence-corrected chi connectivity index (χ3v) is 10.3. The van der Waals surface area contributed by atoms with E-state index in [1.54, 1.807) is 68.9 Å². The number of rotatable bonds is 6. The first kappa shape index (κ1) is 60.9. The Labute approximate surface area is 472 Å². The third kappa shape index (κ3) is 18.6. The number of carboxylic acids is 1. The molecule has 369 valence electrons. The Morgan fingerprint density at radius 1 is 0.667 bits per heavy atom. The molecule has 0 aliphatic rings. The van der Waals surface area contributed by atoms with Gasteiger partial charge in [-0.25, -0.2) is 47.8 Å². The number of anilines is 1. The van der Waals surface area contributed by atoms with Crippen molar-refractivity contribution in [2.24, 2.45) is 0 Å². The van der Waals surface area contributed by atoms with Gasteiger partial charge in [0, 0.05) is 66.3 Å². The summed E-state index contributed by atoms with van der Waals surface area (Å²) in [4.78, 5) is 57.8. The van der Waals surface area contributed by atoms with E-state index in [2.05, 4.69) is 114 Å². The third-order valence-electron chi connectivity index (χ3n) is 8.55. The molecular weight excluding hydrogens is 1280 g/mol. The number of nitrogens with two attached hydrogens (primary N) is 1. The van der Waals surface area contributed by atoms with Crippen LogP contribution in [0.5, 0.6) is 0 Å². The van der Waals surface area contributed by atoms with Crippen molar-refractivity contribution in [1.29, 1.82) is 0 Å². The molecule has 0 bridgehead atoms. The Kier molecular flexibility index (Phi) is 26.4. The van der Waals surface area contributed by atoms with Crippen molar-refractivity contribution in [3.05, 3.63) is 168 Å². The molecule has 0 radical (unpaired) electrons. The van der Waals surface area contributed by atoms with Gasteiger partial charge in [0.05, 0.1) is 35.5 Å². The van der Waals surface area contributed by atoms with Crippen LogP contribution in [0.15, 0.2) is 129 Å². The zero-order valence-electron chi connectivity index (χ0n) is 37.2. The number of carbonyl (C=O) groups excluding carboxylic acids is 2. The van der Waals surface area contributed by atoms with Gasteiger partial charge in [0.25, 0.3) is 0 Å². The molecular formula is C41H33Br4ClMnN15NaO9. The Bertz CT molecular complexity index is 3380. The number of nitrogens with zero attached hydrogens (tertiary/aromatic N) is 14. The van der Waals surface area contributed by atoms with Crippen LogP contribution in [0.3, 0.4) is 0 Å². The van der Waals surface area contributed by atoms with Gasteiger partial charge in [0.15, 0.2) is 34.7 Å². The molecule has 4 N–H and O–H groups in total. The van der Waals surface area contributed by atoms with Crippen LogP contribution in [-0.4, -0.2) is 96.6 Å². The monoisotopic (exact) mass is 1310 g/mol. The molecule has 0 aromatic carbocycles. The molecule has 0 atom stereocenters. The zero-order chi connectivity index (χ0) is 52.0. The zero-order valence-corrected chi connectivity index (χ0v) is 47.5. The number of carboxylic acid groups (broad SMARTS) is 1. The summed E-state index contributed by atoms with van der Waals surface area (Å²) in [6, 6.07) is 14.3. The van der Waals surface area contributed by atoms with Crippen molar-refractivity contribution in [3.63, 3.8) is 0 Å². The maximum atomic E-state index is 12.4. The predicted molar refractivity (Wildman–Crippen MR) is 253 cm³/mol. The SMILES string of the molecule is Cc1ccc(CC(=O)c2cc(Br)cn3ncnc23)nc1.Cc1ccc(N)nc1.O=C(O)c1cc(Br)cn2ncnc12.O=Cc1cc(Br)cn2ncnc12.OCc1cc(Br)cn2ncnc12.[Na+].[O-][Cl+][O-].[O]=[Mn]=[O]. The maximum absolute atomic E-state index is 12.4. The molecule has 0 spiro atoms. The first-order chi connectivity index (χ1) is 34.0. The second-order valence-electron chi connectivity index (χ2n) is 13.4.